The van der Waals surface area contributed by atoms with Crippen molar-refractivity contribution in [3.63, 3.8) is 0 Å². The third kappa shape index (κ3) is 2.81. The first kappa shape index (κ1) is 14.5. The molecule has 1 heterocycles. The molecule has 0 aliphatic carbocycles. The summed E-state index contributed by atoms with van der Waals surface area (Å²) in [5, 5.41) is 23.9. The number of rotatable bonds is 6. The predicted molar refractivity (Wildman–Crippen MR) is 68.2 cm³/mol. The molecule has 0 bridgehead atoms. The van der Waals surface area contributed by atoms with Crippen molar-refractivity contribution in [2.24, 2.45) is 12.5 Å². The molecule has 1 aromatic rings. The number of aromatic nitrogens is 2. The number of hydrogen-bond donors (Lipinski definition) is 2. The van der Waals surface area contributed by atoms with Crippen molar-refractivity contribution in [1.29, 1.82) is 0 Å². The van der Waals surface area contributed by atoms with E-state index in [9.17, 15) is 10.2 Å². The van der Waals surface area contributed by atoms with Crippen LogP contribution in [0.2, 0.25) is 5.02 Å². The first-order chi connectivity index (χ1) is 8.03. The van der Waals surface area contributed by atoms with Gasteiger partial charge in [0.05, 0.1) is 29.6 Å². The predicted octanol–water partition coefficient (Wildman–Crippen LogP) is 1.56. The van der Waals surface area contributed by atoms with Crippen LogP contribution in [0.15, 0.2) is 0 Å². The van der Waals surface area contributed by atoms with Crippen LogP contribution in [0.25, 0.3) is 0 Å². The van der Waals surface area contributed by atoms with Crippen molar-refractivity contribution >= 4 is 11.6 Å². The van der Waals surface area contributed by atoms with E-state index in [1.165, 1.54) is 0 Å². The summed E-state index contributed by atoms with van der Waals surface area (Å²) in [6.45, 7) is 3.85. The zero-order chi connectivity index (χ0) is 13.1. The molecule has 0 aromatic carbocycles. The number of hydrogen-bond acceptors (Lipinski definition) is 3. The van der Waals surface area contributed by atoms with Gasteiger partial charge in [0.1, 0.15) is 0 Å². The maximum atomic E-state index is 9.45. The van der Waals surface area contributed by atoms with Crippen LogP contribution in [-0.4, -0.2) is 33.2 Å². The van der Waals surface area contributed by atoms with Crippen LogP contribution < -0.4 is 0 Å². The second kappa shape index (κ2) is 5.85. The monoisotopic (exact) mass is 260 g/mol. The van der Waals surface area contributed by atoms with Crippen LogP contribution in [-0.2, 0) is 19.9 Å². The standard InChI is InChI=1S/C12H21ClN2O2/c1-4-9-11(13)10(15(3)14-9)6-12(5-2,7-16)8-17/h16-17H,4-8H2,1-3H3. The molecule has 5 heteroatoms. The summed E-state index contributed by atoms with van der Waals surface area (Å²) in [5.41, 5.74) is 1.24. The average Bonchev–Trinajstić information content (AvgIpc) is 2.62. The summed E-state index contributed by atoms with van der Waals surface area (Å²) in [6.07, 6.45) is 2.02. The van der Waals surface area contributed by atoms with Crippen molar-refractivity contribution in [1.82, 2.24) is 9.78 Å². The third-order valence-corrected chi connectivity index (χ3v) is 3.90. The van der Waals surface area contributed by atoms with Gasteiger partial charge in [-0.2, -0.15) is 5.10 Å². The van der Waals surface area contributed by atoms with E-state index in [0.29, 0.717) is 17.9 Å². The maximum Gasteiger partial charge on any atom is 0.0849 e. The zero-order valence-electron chi connectivity index (χ0n) is 10.7. The van der Waals surface area contributed by atoms with Crippen LogP contribution in [0.4, 0.5) is 0 Å². The molecular weight excluding hydrogens is 240 g/mol. The molecule has 4 nitrogen and oxygen atoms in total. The molecule has 2 N–H and O–H groups in total. The van der Waals surface area contributed by atoms with Gasteiger partial charge in [-0.1, -0.05) is 25.4 Å². The quantitative estimate of drug-likeness (QED) is 0.816. The highest BCUT2D eigenvalue weighted by Gasteiger charge is 2.30. The molecule has 0 saturated carbocycles. The van der Waals surface area contributed by atoms with E-state index >= 15 is 0 Å². The molecule has 1 rings (SSSR count). The van der Waals surface area contributed by atoms with E-state index in [-0.39, 0.29) is 13.2 Å². The van der Waals surface area contributed by atoms with E-state index in [1.807, 2.05) is 20.9 Å². The van der Waals surface area contributed by atoms with E-state index in [2.05, 4.69) is 5.10 Å². The summed E-state index contributed by atoms with van der Waals surface area (Å²) in [7, 11) is 1.84. The number of nitrogens with zero attached hydrogens (tertiary/aromatic N) is 2. The Morgan fingerprint density at radius 1 is 1.29 bits per heavy atom. The van der Waals surface area contributed by atoms with Gasteiger partial charge in [0.15, 0.2) is 0 Å². The summed E-state index contributed by atoms with van der Waals surface area (Å²) >= 11 is 6.26. The largest absolute Gasteiger partial charge is 0.396 e. The lowest BCUT2D eigenvalue weighted by atomic mass is 9.82. The van der Waals surface area contributed by atoms with E-state index in [0.717, 1.165) is 17.8 Å². The molecule has 17 heavy (non-hydrogen) atoms. The van der Waals surface area contributed by atoms with Gasteiger partial charge in [-0.05, 0) is 12.8 Å². The Morgan fingerprint density at radius 2 is 1.88 bits per heavy atom. The normalized spacial score (nSPS) is 12.1. The summed E-state index contributed by atoms with van der Waals surface area (Å²) in [6, 6.07) is 0. The van der Waals surface area contributed by atoms with Gasteiger partial charge in [-0.25, -0.2) is 0 Å². The highest BCUT2D eigenvalue weighted by atomic mass is 35.5. The van der Waals surface area contributed by atoms with Gasteiger partial charge in [-0.3, -0.25) is 4.68 Å². The molecule has 0 fully saturated rings. The topological polar surface area (TPSA) is 58.3 Å². The minimum Gasteiger partial charge on any atom is -0.396 e. The maximum absolute atomic E-state index is 9.45. The molecule has 0 aliphatic heterocycles. The molecule has 98 valence electrons. The first-order valence-corrected chi connectivity index (χ1v) is 6.33. The molecular formula is C12H21ClN2O2. The van der Waals surface area contributed by atoms with Gasteiger partial charge in [0.2, 0.25) is 0 Å². The van der Waals surface area contributed by atoms with Crippen molar-refractivity contribution in [3.8, 4) is 0 Å². The minimum absolute atomic E-state index is 0.0526. The Bertz CT molecular complexity index is 365. The van der Waals surface area contributed by atoms with E-state index in [4.69, 9.17) is 11.6 Å². The second-order valence-corrected chi connectivity index (χ2v) is 4.91. The molecule has 0 aliphatic rings. The fourth-order valence-corrected chi connectivity index (χ4v) is 2.24. The summed E-state index contributed by atoms with van der Waals surface area (Å²) in [5.74, 6) is 0. The highest BCUT2D eigenvalue weighted by Crippen LogP contribution is 2.31. The first-order valence-electron chi connectivity index (χ1n) is 5.95. The van der Waals surface area contributed by atoms with Crippen molar-refractivity contribution in [2.45, 2.75) is 33.1 Å². The van der Waals surface area contributed by atoms with Gasteiger partial charge >= 0.3 is 0 Å². The van der Waals surface area contributed by atoms with Gasteiger partial charge in [-0.15, -0.1) is 0 Å². The van der Waals surface area contributed by atoms with Crippen LogP contribution >= 0.6 is 11.6 Å². The Labute approximate surface area is 107 Å². The van der Waals surface area contributed by atoms with Crippen LogP contribution in [0.3, 0.4) is 0 Å². The Balaban J connectivity index is 3.05. The van der Waals surface area contributed by atoms with E-state index in [1.54, 1.807) is 4.68 Å². The Kier molecular flexibility index (Phi) is 4.98. The summed E-state index contributed by atoms with van der Waals surface area (Å²) < 4.78 is 1.75. The van der Waals surface area contributed by atoms with Gasteiger partial charge < -0.3 is 10.2 Å². The lowest BCUT2D eigenvalue weighted by Crippen LogP contribution is -2.32. The molecule has 0 saturated heterocycles. The molecule has 0 amide bonds. The van der Waals surface area contributed by atoms with Crippen molar-refractivity contribution in [3.05, 3.63) is 16.4 Å². The lowest BCUT2D eigenvalue weighted by Gasteiger charge is -2.28. The van der Waals surface area contributed by atoms with Crippen LogP contribution in [0.1, 0.15) is 31.7 Å². The summed E-state index contributed by atoms with van der Waals surface area (Å²) in [4.78, 5) is 0. The third-order valence-electron chi connectivity index (χ3n) is 3.47. The van der Waals surface area contributed by atoms with E-state index < -0.39 is 5.41 Å². The van der Waals surface area contributed by atoms with Gasteiger partial charge in [0.25, 0.3) is 0 Å². The Hall–Kier alpha value is -0.580. The molecule has 0 radical (unpaired) electrons. The lowest BCUT2D eigenvalue weighted by molar-refractivity contribution is 0.0499. The average molecular weight is 261 g/mol. The van der Waals surface area contributed by atoms with Crippen molar-refractivity contribution < 1.29 is 10.2 Å². The fraction of sp³-hybridized carbons (Fsp3) is 0.750. The molecule has 1 aromatic heterocycles. The SMILES string of the molecule is CCc1nn(C)c(CC(CC)(CO)CO)c1Cl. The van der Waals surface area contributed by atoms with Crippen molar-refractivity contribution in [2.75, 3.05) is 13.2 Å². The van der Waals surface area contributed by atoms with Crippen LogP contribution in [0, 0.1) is 5.41 Å². The van der Waals surface area contributed by atoms with Gasteiger partial charge in [0, 0.05) is 18.9 Å². The second-order valence-electron chi connectivity index (χ2n) is 4.53. The number of aliphatic hydroxyl groups excluding tert-OH is 2. The number of aryl methyl sites for hydroxylation is 2. The molecule has 0 atom stereocenters. The minimum atomic E-state index is -0.511. The molecule has 0 unspecified atom stereocenters. The Morgan fingerprint density at radius 3 is 2.24 bits per heavy atom. The zero-order valence-corrected chi connectivity index (χ0v) is 11.5. The number of halogens is 1. The fourth-order valence-electron chi connectivity index (χ4n) is 1.88. The van der Waals surface area contributed by atoms with Crippen LogP contribution in [0.5, 0.6) is 0 Å². The number of aliphatic hydroxyl groups is 2. The smallest absolute Gasteiger partial charge is 0.0849 e. The highest BCUT2D eigenvalue weighted by molar-refractivity contribution is 6.31. The molecule has 0 spiro atoms.